The fourth-order valence-electron chi connectivity index (χ4n) is 2.74. The fourth-order valence-corrected chi connectivity index (χ4v) is 2.74. The molecule has 1 aromatic heterocycles. The summed E-state index contributed by atoms with van der Waals surface area (Å²) in [5.41, 5.74) is 3.53. The summed E-state index contributed by atoms with van der Waals surface area (Å²) in [5.74, 6) is -0.786. The predicted octanol–water partition coefficient (Wildman–Crippen LogP) is 2.99. The van der Waals surface area contributed by atoms with Crippen LogP contribution in [0.2, 0.25) is 0 Å². The highest BCUT2D eigenvalue weighted by molar-refractivity contribution is 5.92. The van der Waals surface area contributed by atoms with Crippen molar-refractivity contribution in [1.29, 1.82) is 0 Å². The Kier molecular flexibility index (Phi) is 5.14. The van der Waals surface area contributed by atoms with Gasteiger partial charge in [0.2, 0.25) is 0 Å². The summed E-state index contributed by atoms with van der Waals surface area (Å²) >= 11 is 0. The zero-order valence-electron chi connectivity index (χ0n) is 14.0. The molecule has 3 aromatic rings. The van der Waals surface area contributed by atoms with E-state index in [1.54, 1.807) is 12.1 Å². The van der Waals surface area contributed by atoms with Crippen molar-refractivity contribution in [2.75, 3.05) is 13.2 Å². The summed E-state index contributed by atoms with van der Waals surface area (Å²) in [6.07, 6.45) is 2.66. The largest absolute Gasteiger partial charge is 0.452 e. The number of esters is 1. The van der Waals surface area contributed by atoms with Crippen molar-refractivity contribution in [3.8, 4) is 0 Å². The Labute approximate surface area is 146 Å². The molecule has 0 saturated carbocycles. The molecular formula is C20H20N2O3. The standard InChI is InChI=1S/C20H20N2O3/c1-14-6-2-3-7-16(14)20(24)25-13-19(23)21-11-10-15-12-22-18-9-5-4-8-17(15)18/h2-9,12,22H,10-11,13H2,1H3,(H,21,23). The molecule has 1 amide bonds. The van der Waals surface area contributed by atoms with Crippen LogP contribution in [0.4, 0.5) is 0 Å². The maximum atomic E-state index is 12.0. The lowest BCUT2D eigenvalue weighted by atomic mass is 10.1. The summed E-state index contributed by atoms with van der Waals surface area (Å²) in [5, 5.41) is 3.93. The molecule has 0 radical (unpaired) electrons. The second-order valence-electron chi connectivity index (χ2n) is 5.85. The van der Waals surface area contributed by atoms with Gasteiger partial charge in [0.1, 0.15) is 0 Å². The Bertz CT molecular complexity index is 899. The molecular weight excluding hydrogens is 316 g/mol. The molecule has 5 heteroatoms. The Hall–Kier alpha value is -3.08. The number of aryl methyl sites for hydroxylation is 1. The number of H-pyrrole nitrogens is 1. The van der Waals surface area contributed by atoms with E-state index < -0.39 is 5.97 Å². The number of carbonyl (C=O) groups excluding carboxylic acids is 2. The van der Waals surface area contributed by atoms with Gasteiger partial charge in [-0.2, -0.15) is 0 Å². The number of ether oxygens (including phenoxy) is 1. The fraction of sp³-hybridized carbons (Fsp3) is 0.200. The van der Waals surface area contributed by atoms with Gasteiger partial charge in [0.25, 0.3) is 5.91 Å². The number of carbonyl (C=O) groups is 2. The van der Waals surface area contributed by atoms with E-state index in [1.165, 1.54) is 0 Å². The van der Waals surface area contributed by atoms with E-state index in [4.69, 9.17) is 4.74 Å². The normalized spacial score (nSPS) is 10.6. The average molecular weight is 336 g/mol. The zero-order chi connectivity index (χ0) is 17.6. The first-order valence-electron chi connectivity index (χ1n) is 8.19. The van der Waals surface area contributed by atoms with Gasteiger partial charge in [-0.3, -0.25) is 4.79 Å². The third kappa shape index (κ3) is 4.07. The van der Waals surface area contributed by atoms with E-state index in [2.05, 4.69) is 10.3 Å². The number of hydrogen-bond donors (Lipinski definition) is 2. The second kappa shape index (κ2) is 7.66. The van der Waals surface area contributed by atoms with Gasteiger partial charge in [-0.1, -0.05) is 36.4 Å². The van der Waals surface area contributed by atoms with Gasteiger partial charge in [-0.15, -0.1) is 0 Å². The van der Waals surface area contributed by atoms with Crippen molar-refractivity contribution < 1.29 is 14.3 Å². The SMILES string of the molecule is Cc1ccccc1C(=O)OCC(=O)NCCc1c[nH]c2ccccc12. The number of fused-ring (bicyclic) bond motifs is 1. The van der Waals surface area contributed by atoms with E-state index in [0.29, 0.717) is 18.5 Å². The van der Waals surface area contributed by atoms with Crippen LogP contribution in [0.5, 0.6) is 0 Å². The van der Waals surface area contributed by atoms with Crippen LogP contribution in [-0.4, -0.2) is 30.0 Å². The maximum Gasteiger partial charge on any atom is 0.338 e. The van der Waals surface area contributed by atoms with Crippen LogP contribution >= 0.6 is 0 Å². The van der Waals surface area contributed by atoms with Gasteiger partial charge in [0.15, 0.2) is 6.61 Å². The molecule has 25 heavy (non-hydrogen) atoms. The summed E-state index contributed by atoms with van der Waals surface area (Å²) in [7, 11) is 0. The first-order valence-corrected chi connectivity index (χ1v) is 8.19. The van der Waals surface area contributed by atoms with Crippen molar-refractivity contribution in [1.82, 2.24) is 10.3 Å². The molecule has 0 saturated heterocycles. The van der Waals surface area contributed by atoms with Gasteiger partial charge in [0, 0.05) is 23.6 Å². The molecule has 3 rings (SSSR count). The predicted molar refractivity (Wildman–Crippen MR) is 96.5 cm³/mol. The minimum atomic E-state index is -0.482. The smallest absolute Gasteiger partial charge is 0.338 e. The average Bonchev–Trinajstić information content (AvgIpc) is 3.03. The lowest BCUT2D eigenvalue weighted by molar-refractivity contribution is -0.124. The molecule has 2 N–H and O–H groups in total. The van der Waals surface area contributed by atoms with Gasteiger partial charge in [-0.25, -0.2) is 4.79 Å². The topological polar surface area (TPSA) is 71.2 Å². The summed E-state index contributed by atoms with van der Waals surface area (Å²) in [6, 6.07) is 15.2. The van der Waals surface area contributed by atoms with Crippen LogP contribution in [-0.2, 0) is 16.0 Å². The molecule has 128 valence electrons. The minimum absolute atomic E-state index is 0.277. The summed E-state index contributed by atoms with van der Waals surface area (Å²) in [4.78, 5) is 27.0. The highest BCUT2D eigenvalue weighted by atomic mass is 16.5. The van der Waals surface area contributed by atoms with Crippen LogP contribution in [0, 0.1) is 6.92 Å². The minimum Gasteiger partial charge on any atom is -0.452 e. The van der Waals surface area contributed by atoms with E-state index in [9.17, 15) is 9.59 Å². The molecule has 0 unspecified atom stereocenters. The molecule has 1 heterocycles. The number of aromatic nitrogens is 1. The highest BCUT2D eigenvalue weighted by Crippen LogP contribution is 2.17. The van der Waals surface area contributed by atoms with Gasteiger partial charge in [-0.05, 0) is 36.6 Å². The third-order valence-corrected chi connectivity index (χ3v) is 4.09. The molecule has 0 aliphatic carbocycles. The molecule has 0 aliphatic rings. The van der Waals surface area contributed by atoms with Crippen molar-refractivity contribution >= 4 is 22.8 Å². The number of benzene rings is 2. The lowest BCUT2D eigenvalue weighted by Crippen LogP contribution is -2.30. The maximum absolute atomic E-state index is 12.0. The Balaban J connectivity index is 1.45. The van der Waals surface area contributed by atoms with Crippen LogP contribution in [0.15, 0.2) is 54.7 Å². The highest BCUT2D eigenvalue weighted by Gasteiger charge is 2.12. The first kappa shape index (κ1) is 16.8. The zero-order valence-corrected chi connectivity index (χ0v) is 14.0. The number of amides is 1. The summed E-state index contributed by atoms with van der Waals surface area (Å²) < 4.78 is 5.07. The van der Waals surface area contributed by atoms with Crippen molar-refractivity contribution in [3.63, 3.8) is 0 Å². The van der Waals surface area contributed by atoms with Crippen molar-refractivity contribution in [2.45, 2.75) is 13.3 Å². The molecule has 2 aromatic carbocycles. The van der Waals surface area contributed by atoms with E-state index in [1.807, 2.05) is 49.5 Å². The molecule has 0 aliphatic heterocycles. The van der Waals surface area contributed by atoms with E-state index in [-0.39, 0.29) is 12.5 Å². The lowest BCUT2D eigenvalue weighted by Gasteiger charge is -2.08. The number of nitrogens with one attached hydrogen (secondary N) is 2. The Morgan fingerprint density at radius 1 is 1.08 bits per heavy atom. The summed E-state index contributed by atoms with van der Waals surface area (Å²) in [6.45, 7) is 2.04. The van der Waals surface area contributed by atoms with Crippen molar-refractivity contribution in [2.24, 2.45) is 0 Å². The third-order valence-electron chi connectivity index (χ3n) is 4.09. The molecule has 0 spiro atoms. The van der Waals surface area contributed by atoms with Gasteiger partial charge >= 0.3 is 5.97 Å². The number of aromatic amines is 1. The quantitative estimate of drug-likeness (QED) is 0.680. The van der Waals surface area contributed by atoms with E-state index in [0.717, 1.165) is 22.0 Å². The van der Waals surface area contributed by atoms with Crippen LogP contribution in [0.1, 0.15) is 21.5 Å². The monoisotopic (exact) mass is 336 g/mol. The van der Waals surface area contributed by atoms with Crippen molar-refractivity contribution in [3.05, 3.63) is 71.4 Å². The number of para-hydroxylation sites is 1. The molecule has 0 atom stereocenters. The van der Waals surface area contributed by atoms with Crippen LogP contribution < -0.4 is 5.32 Å². The second-order valence-corrected chi connectivity index (χ2v) is 5.85. The van der Waals surface area contributed by atoms with Gasteiger partial charge in [0.05, 0.1) is 5.56 Å². The molecule has 0 fully saturated rings. The van der Waals surface area contributed by atoms with E-state index >= 15 is 0 Å². The molecule has 5 nitrogen and oxygen atoms in total. The Morgan fingerprint density at radius 3 is 2.68 bits per heavy atom. The Morgan fingerprint density at radius 2 is 1.84 bits per heavy atom. The number of rotatable bonds is 6. The van der Waals surface area contributed by atoms with Gasteiger partial charge < -0.3 is 15.0 Å². The number of hydrogen-bond acceptors (Lipinski definition) is 3. The molecule has 0 bridgehead atoms. The van der Waals surface area contributed by atoms with Crippen LogP contribution in [0.25, 0.3) is 10.9 Å². The van der Waals surface area contributed by atoms with Crippen LogP contribution in [0.3, 0.4) is 0 Å². The first-order chi connectivity index (χ1) is 12.1.